The third-order valence-electron chi connectivity index (χ3n) is 4.55. The van der Waals surface area contributed by atoms with Crippen molar-refractivity contribution in [3.05, 3.63) is 48.2 Å². The standard InChI is InChI=1S/C18H22F2N4O/c1-14(15-5-7-16(8-6-15)25-18(19)20)23-10-3-11-24(13-12-23)17-4-2-9-21-22-17/h2,4-9,14,18H,3,10-13H2,1H3. The molecule has 0 radical (unpaired) electrons. The zero-order valence-corrected chi connectivity index (χ0v) is 14.2. The van der Waals surface area contributed by atoms with Crippen molar-refractivity contribution < 1.29 is 13.5 Å². The van der Waals surface area contributed by atoms with E-state index in [2.05, 4.69) is 31.7 Å². The van der Waals surface area contributed by atoms with Crippen molar-refractivity contribution in [2.24, 2.45) is 0 Å². The molecule has 1 atom stereocenters. The molecule has 0 spiro atoms. The topological polar surface area (TPSA) is 41.5 Å². The minimum absolute atomic E-state index is 0.190. The van der Waals surface area contributed by atoms with E-state index in [1.165, 1.54) is 0 Å². The second-order valence-corrected chi connectivity index (χ2v) is 6.08. The van der Waals surface area contributed by atoms with E-state index in [1.807, 2.05) is 24.3 Å². The molecule has 1 saturated heterocycles. The number of nitrogens with zero attached hydrogens (tertiary/aromatic N) is 4. The van der Waals surface area contributed by atoms with Crippen LogP contribution in [0, 0.1) is 0 Å². The van der Waals surface area contributed by atoms with E-state index in [1.54, 1.807) is 18.3 Å². The Labute approximate surface area is 146 Å². The third-order valence-corrected chi connectivity index (χ3v) is 4.55. The number of aromatic nitrogens is 2. The first-order chi connectivity index (χ1) is 12.1. The Hall–Kier alpha value is -2.28. The van der Waals surface area contributed by atoms with Crippen LogP contribution in [0.4, 0.5) is 14.6 Å². The van der Waals surface area contributed by atoms with Crippen LogP contribution in [0.1, 0.15) is 24.9 Å². The quantitative estimate of drug-likeness (QED) is 0.829. The molecule has 1 aromatic heterocycles. The highest BCUT2D eigenvalue weighted by molar-refractivity contribution is 5.36. The summed E-state index contributed by atoms with van der Waals surface area (Å²) in [6, 6.07) is 11.0. The lowest BCUT2D eigenvalue weighted by Crippen LogP contribution is -2.32. The SMILES string of the molecule is CC(c1ccc(OC(F)F)cc1)N1CCCN(c2cccnn2)CC1. The fraction of sp³-hybridized carbons (Fsp3) is 0.444. The highest BCUT2D eigenvalue weighted by Gasteiger charge is 2.21. The van der Waals surface area contributed by atoms with E-state index in [9.17, 15) is 8.78 Å². The van der Waals surface area contributed by atoms with E-state index >= 15 is 0 Å². The van der Waals surface area contributed by atoms with Crippen LogP contribution >= 0.6 is 0 Å². The van der Waals surface area contributed by atoms with E-state index < -0.39 is 6.61 Å². The van der Waals surface area contributed by atoms with Crippen LogP contribution in [0.5, 0.6) is 5.75 Å². The van der Waals surface area contributed by atoms with E-state index in [4.69, 9.17) is 0 Å². The highest BCUT2D eigenvalue weighted by Crippen LogP contribution is 2.25. The number of rotatable bonds is 5. The molecule has 2 aromatic rings. The van der Waals surface area contributed by atoms with E-state index in [0.717, 1.165) is 44.0 Å². The van der Waals surface area contributed by atoms with Crippen LogP contribution in [0.25, 0.3) is 0 Å². The Bertz CT molecular complexity index is 654. The van der Waals surface area contributed by atoms with Crippen molar-refractivity contribution >= 4 is 5.82 Å². The van der Waals surface area contributed by atoms with Gasteiger partial charge in [0.05, 0.1) is 0 Å². The fourth-order valence-electron chi connectivity index (χ4n) is 3.15. The van der Waals surface area contributed by atoms with Gasteiger partial charge in [-0.2, -0.15) is 13.9 Å². The third kappa shape index (κ3) is 4.63. The van der Waals surface area contributed by atoms with Gasteiger partial charge in [0.1, 0.15) is 5.75 Å². The van der Waals surface area contributed by atoms with Gasteiger partial charge in [-0.05, 0) is 43.2 Å². The smallest absolute Gasteiger partial charge is 0.387 e. The van der Waals surface area contributed by atoms with Crippen molar-refractivity contribution in [2.75, 3.05) is 31.1 Å². The van der Waals surface area contributed by atoms with Crippen LogP contribution in [-0.4, -0.2) is 47.9 Å². The lowest BCUT2D eigenvalue weighted by molar-refractivity contribution is -0.0498. The summed E-state index contributed by atoms with van der Waals surface area (Å²) >= 11 is 0. The fourth-order valence-corrected chi connectivity index (χ4v) is 3.15. The first kappa shape index (κ1) is 17.5. The second-order valence-electron chi connectivity index (χ2n) is 6.08. The van der Waals surface area contributed by atoms with Crippen LogP contribution in [-0.2, 0) is 0 Å². The number of ether oxygens (including phenoxy) is 1. The Morgan fingerprint density at radius 1 is 1.04 bits per heavy atom. The van der Waals surface area contributed by atoms with Gasteiger partial charge in [-0.15, -0.1) is 5.10 Å². The summed E-state index contributed by atoms with van der Waals surface area (Å²) in [6.07, 6.45) is 2.71. The maximum atomic E-state index is 12.2. The van der Waals surface area contributed by atoms with Gasteiger partial charge >= 0.3 is 6.61 Å². The molecule has 1 aromatic carbocycles. The number of anilines is 1. The normalized spacial score (nSPS) is 17.4. The molecule has 0 saturated carbocycles. The predicted molar refractivity (Wildman–Crippen MR) is 91.9 cm³/mol. The van der Waals surface area contributed by atoms with Crippen LogP contribution in [0.3, 0.4) is 0 Å². The molecule has 0 N–H and O–H groups in total. The number of alkyl halides is 2. The molecule has 1 fully saturated rings. The van der Waals surface area contributed by atoms with Gasteiger partial charge in [0, 0.05) is 38.4 Å². The molecule has 5 nitrogen and oxygen atoms in total. The van der Waals surface area contributed by atoms with Crippen molar-refractivity contribution in [3.63, 3.8) is 0 Å². The first-order valence-corrected chi connectivity index (χ1v) is 8.45. The van der Waals surface area contributed by atoms with E-state index in [-0.39, 0.29) is 11.8 Å². The summed E-state index contributed by atoms with van der Waals surface area (Å²) in [7, 11) is 0. The molecule has 25 heavy (non-hydrogen) atoms. The monoisotopic (exact) mass is 348 g/mol. The number of halogens is 2. The molecule has 1 aliphatic heterocycles. The lowest BCUT2D eigenvalue weighted by Gasteiger charge is -2.28. The van der Waals surface area contributed by atoms with Gasteiger partial charge in [0.15, 0.2) is 5.82 Å². The van der Waals surface area contributed by atoms with Gasteiger partial charge in [-0.3, -0.25) is 4.90 Å². The minimum Gasteiger partial charge on any atom is -0.435 e. The molecule has 0 aliphatic carbocycles. The van der Waals surface area contributed by atoms with Crippen molar-refractivity contribution in [1.82, 2.24) is 15.1 Å². The number of benzene rings is 1. The molecular formula is C18H22F2N4O. The zero-order valence-electron chi connectivity index (χ0n) is 14.2. The Morgan fingerprint density at radius 2 is 1.84 bits per heavy atom. The predicted octanol–water partition coefficient (Wildman–Crippen LogP) is 3.35. The van der Waals surface area contributed by atoms with Gasteiger partial charge in [0.2, 0.25) is 0 Å². The first-order valence-electron chi connectivity index (χ1n) is 8.45. The maximum Gasteiger partial charge on any atom is 0.387 e. The molecule has 0 amide bonds. The Kier molecular flexibility index (Phi) is 5.75. The molecule has 3 rings (SSSR count). The summed E-state index contributed by atoms with van der Waals surface area (Å²) in [5.74, 6) is 1.10. The van der Waals surface area contributed by atoms with Crippen LogP contribution in [0.2, 0.25) is 0 Å². The molecule has 2 heterocycles. The highest BCUT2D eigenvalue weighted by atomic mass is 19.3. The van der Waals surface area contributed by atoms with Crippen molar-refractivity contribution in [1.29, 1.82) is 0 Å². The Morgan fingerprint density at radius 3 is 2.52 bits per heavy atom. The van der Waals surface area contributed by atoms with Gasteiger partial charge < -0.3 is 9.64 Å². The second kappa shape index (κ2) is 8.20. The van der Waals surface area contributed by atoms with Crippen molar-refractivity contribution in [2.45, 2.75) is 26.0 Å². The molecule has 0 bridgehead atoms. The molecular weight excluding hydrogens is 326 g/mol. The molecule has 7 heteroatoms. The maximum absolute atomic E-state index is 12.2. The average Bonchev–Trinajstić information content (AvgIpc) is 2.88. The van der Waals surface area contributed by atoms with Gasteiger partial charge in [-0.25, -0.2) is 0 Å². The lowest BCUT2D eigenvalue weighted by atomic mass is 10.1. The van der Waals surface area contributed by atoms with Gasteiger partial charge in [-0.1, -0.05) is 12.1 Å². The van der Waals surface area contributed by atoms with Crippen molar-refractivity contribution in [3.8, 4) is 5.75 Å². The zero-order chi connectivity index (χ0) is 17.6. The summed E-state index contributed by atoms with van der Waals surface area (Å²) in [5.41, 5.74) is 1.09. The largest absolute Gasteiger partial charge is 0.435 e. The van der Waals surface area contributed by atoms with Crippen LogP contribution in [0.15, 0.2) is 42.6 Å². The Balaban J connectivity index is 1.62. The summed E-state index contributed by atoms with van der Waals surface area (Å²) < 4.78 is 28.9. The molecule has 1 aliphatic rings. The number of hydrogen-bond acceptors (Lipinski definition) is 5. The molecule has 134 valence electrons. The minimum atomic E-state index is -2.79. The summed E-state index contributed by atoms with van der Waals surface area (Å²) in [6.45, 7) is 3.07. The molecule has 1 unspecified atom stereocenters. The summed E-state index contributed by atoms with van der Waals surface area (Å²) in [5, 5.41) is 8.14. The van der Waals surface area contributed by atoms with Crippen LogP contribution < -0.4 is 9.64 Å². The number of hydrogen-bond donors (Lipinski definition) is 0. The van der Waals surface area contributed by atoms with Gasteiger partial charge in [0.25, 0.3) is 0 Å². The van der Waals surface area contributed by atoms with E-state index in [0.29, 0.717) is 0 Å². The average molecular weight is 348 g/mol. The summed E-state index contributed by atoms with van der Waals surface area (Å²) in [4.78, 5) is 4.65.